The van der Waals surface area contributed by atoms with E-state index < -0.39 is 0 Å². The molecular formula is C50H30N4S. The normalized spacial score (nSPS) is 12.3. The van der Waals surface area contributed by atoms with Crippen molar-refractivity contribution in [1.29, 1.82) is 0 Å². The Labute approximate surface area is 321 Å². The lowest BCUT2D eigenvalue weighted by molar-refractivity contribution is 1.17. The zero-order chi connectivity index (χ0) is 36.0. The molecule has 0 saturated heterocycles. The van der Waals surface area contributed by atoms with Crippen molar-refractivity contribution in [3.63, 3.8) is 0 Å². The van der Waals surface area contributed by atoms with Gasteiger partial charge in [0, 0.05) is 59.2 Å². The molecule has 0 N–H and O–H groups in total. The molecule has 3 aromatic heterocycles. The van der Waals surface area contributed by atoms with Crippen molar-refractivity contribution >= 4 is 66.3 Å². The number of nitrogens with zero attached hydrogens (tertiary/aromatic N) is 4. The standard InChI is InChI=1S/C50H30N4S/c1-2-11-34(12-3-1)53-42-17-7-4-13-36(42)39-29-32(23-27-44(39)53)33-24-28-45-40(30-33)37-14-5-8-18-43(37)54(45)35-25-21-31(22-26-35)50-51-41-16-10-20-47-48(41)49(52-50)38-15-6-9-19-46(38)55-47/h1-30H. The number of rotatable bonds is 4. The number of hydrogen-bond acceptors (Lipinski definition) is 3. The predicted octanol–water partition coefficient (Wildman–Crippen LogP) is 13.3. The SMILES string of the molecule is c1ccc(-n2c3ccccc3c3cc(-c4ccc5c(c4)c4ccccc4n5-c4ccc(-c5nc6c7c(cccc7n5)Sc5ccccc5-6)cc4)ccc32)cc1. The van der Waals surface area contributed by atoms with Crippen LogP contribution in [-0.2, 0) is 0 Å². The molecule has 55 heavy (non-hydrogen) atoms. The Kier molecular flexibility index (Phi) is 6.53. The van der Waals surface area contributed by atoms with Gasteiger partial charge in [0.2, 0.25) is 0 Å². The second-order valence-corrected chi connectivity index (χ2v) is 15.3. The van der Waals surface area contributed by atoms with E-state index in [4.69, 9.17) is 9.97 Å². The highest BCUT2D eigenvalue weighted by Crippen LogP contribution is 2.47. The molecule has 0 amide bonds. The Morgan fingerprint density at radius 3 is 1.62 bits per heavy atom. The summed E-state index contributed by atoms with van der Waals surface area (Å²) in [7, 11) is 0. The van der Waals surface area contributed by atoms with E-state index in [1.54, 1.807) is 11.8 Å². The third-order valence-electron chi connectivity index (χ3n) is 11.1. The second-order valence-electron chi connectivity index (χ2n) is 14.2. The molecule has 1 aliphatic heterocycles. The first-order valence-electron chi connectivity index (χ1n) is 18.6. The summed E-state index contributed by atoms with van der Waals surface area (Å²) in [5.74, 6) is 0.739. The summed E-state index contributed by atoms with van der Waals surface area (Å²) < 4.78 is 4.74. The molecule has 0 bridgehead atoms. The fourth-order valence-corrected chi connectivity index (χ4v) is 9.74. The van der Waals surface area contributed by atoms with Gasteiger partial charge in [-0.15, -0.1) is 0 Å². The molecule has 1 aliphatic rings. The van der Waals surface area contributed by atoms with E-state index in [2.05, 4.69) is 191 Å². The topological polar surface area (TPSA) is 35.6 Å². The van der Waals surface area contributed by atoms with E-state index in [-0.39, 0.29) is 0 Å². The first-order chi connectivity index (χ1) is 27.3. The van der Waals surface area contributed by atoms with Crippen LogP contribution in [0.2, 0.25) is 0 Å². The zero-order valence-corrected chi connectivity index (χ0v) is 30.3. The van der Waals surface area contributed by atoms with Crippen molar-refractivity contribution in [3.05, 3.63) is 182 Å². The summed E-state index contributed by atoms with van der Waals surface area (Å²) in [4.78, 5) is 12.7. The van der Waals surface area contributed by atoms with Crippen LogP contribution in [0.1, 0.15) is 0 Å². The van der Waals surface area contributed by atoms with Gasteiger partial charge in [-0.1, -0.05) is 103 Å². The van der Waals surface area contributed by atoms with Crippen LogP contribution in [0.4, 0.5) is 0 Å². The second kappa shape index (κ2) is 11.8. The molecule has 8 aromatic carbocycles. The predicted molar refractivity (Wildman–Crippen MR) is 229 cm³/mol. The van der Waals surface area contributed by atoms with Crippen molar-refractivity contribution in [2.45, 2.75) is 9.79 Å². The minimum absolute atomic E-state index is 0.739. The molecule has 4 heterocycles. The highest BCUT2D eigenvalue weighted by atomic mass is 32.2. The summed E-state index contributed by atoms with van der Waals surface area (Å²) in [5, 5.41) is 6.10. The number of fused-ring (bicyclic) bond motifs is 8. The zero-order valence-electron chi connectivity index (χ0n) is 29.5. The van der Waals surface area contributed by atoms with Crippen molar-refractivity contribution in [3.8, 4) is 45.1 Å². The van der Waals surface area contributed by atoms with Gasteiger partial charge >= 0.3 is 0 Å². The molecule has 0 radical (unpaired) electrons. The Morgan fingerprint density at radius 1 is 0.382 bits per heavy atom. The van der Waals surface area contributed by atoms with Gasteiger partial charge in [0.05, 0.1) is 33.3 Å². The summed E-state index contributed by atoms with van der Waals surface area (Å²) in [5.41, 5.74) is 13.6. The third-order valence-corrected chi connectivity index (χ3v) is 12.3. The van der Waals surface area contributed by atoms with Gasteiger partial charge in [-0.25, -0.2) is 9.97 Å². The van der Waals surface area contributed by atoms with Crippen LogP contribution in [0.15, 0.2) is 192 Å². The summed E-state index contributed by atoms with van der Waals surface area (Å²) in [6, 6.07) is 65.5. The van der Waals surface area contributed by atoms with Gasteiger partial charge in [-0.3, -0.25) is 0 Å². The summed E-state index contributed by atoms with van der Waals surface area (Å²) in [6.07, 6.45) is 0. The van der Waals surface area contributed by atoms with Crippen LogP contribution in [0.25, 0.3) is 99.7 Å². The molecule has 0 fully saturated rings. The first-order valence-corrected chi connectivity index (χ1v) is 19.4. The molecule has 0 spiro atoms. The number of para-hydroxylation sites is 3. The highest BCUT2D eigenvalue weighted by Gasteiger charge is 2.22. The lowest BCUT2D eigenvalue weighted by Gasteiger charge is -2.19. The molecule has 11 aromatic rings. The van der Waals surface area contributed by atoms with Crippen LogP contribution in [-0.4, -0.2) is 19.1 Å². The lowest BCUT2D eigenvalue weighted by Crippen LogP contribution is -2.00. The van der Waals surface area contributed by atoms with Crippen molar-refractivity contribution in [2.75, 3.05) is 0 Å². The van der Waals surface area contributed by atoms with Crippen LogP contribution >= 0.6 is 11.8 Å². The van der Waals surface area contributed by atoms with E-state index in [9.17, 15) is 0 Å². The fraction of sp³-hybridized carbons (Fsp3) is 0. The van der Waals surface area contributed by atoms with E-state index in [1.165, 1.54) is 75.8 Å². The molecule has 5 heteroatoms. The Balaban J connectivity index is 0.967. The molecule has 12 rings (SSSR count). The quantitative estimate of drug-likeness (QED) is 0.182. The first kappa shape index (κ1) is 30.5. The van der Waals surface area contributed by atoms with Gasteiger partial charge in [0.15, 0.2) is 5.82 Å². The molecule has 256 valence electrons. The highest BCUT2D eigenvalue weighted by molar-refractivity contribution is 7.99. The number of aromatic nitrogens is 4. The maximum absolute atomic E-state index is 5.19. The van der Waals surface area contributed by atoms with Crippen LogP contribution in [0.5, 0.6) is 0 Å². The average Bonchev–Trinajstić information content (AvgIpc) is 3.76. The Hall–Kier alpha value is -6.95. The molecule has 0 aliphatic carbocycles. The Bertz CT molecular complexity index is 3340. The smallest absolute Gasteiger partial charge is 0.160 e. The van der Waals surface area contributed by atoms with Crippen LogP contribution < -0.4 is 0 Å². The van der Waals surface area contributed by atoms with Crippen LogP contribution in [0.3, 0.4) is 0 Å². The van der Waals surface area contributed by atoms with E-state index >= 15 is 0 Å². The minimum Gasteiger partial charge on any atom is -0.309 e. The Morgan fingerprint density at radius 2 is 0.927 bits per heavy atom. The lowest BCUT2D eigenvalue weighted by atomic mass is 10.0. The summed E-state index contributed by atoms with van der Waals surface area (Å²) in [6.45, 7) is 0. The fourth-order valence-electron chi connectivity index (χ4n) is 8.63. The van der Waals surface area contributed by atoms with Crippen molar-refractivity contribution in [1.82, 2.24) is 19.1 Å². The van der Waals surface area contributed by atoms with Gasteiger partial charge in [0.1, 0.15) is 0 Å². The van der Waals surface area contributed by atoms with E-state index in [1.807, 2.05) is 0 Å². The molecule has 0 atom stereocenters. The van der Waals surface area contributed by atoms with Gasteiger partial charge < -0.3 is 9.13 Å². The van der Waals surface area contributed by atoms with Gasteiger partial charge in [-0.2, -0.15) is 0 Å². The van der Waals surface area contributed by atoms with Crippen molar-refractivity contribution in [2.24, 2.45) is 0 Å². The van der Waals surface area contributed by atoms with E-state index in [0.29, 0.717) is 0 Å². The number of benzene rings is 8. The van der Waals surface area contributed by atoms with Crippen molar-refractivity contribution < 1.29 is 0 Å². The molecule has 4 nitrogen and oxygen atoms in total. The largest absolute Gasteiger partial charge is 0.309 e. The monoisotopic (exact) mass is 718 g/mol. The van der Waals surface area contributed by atoms with E-state index in [0.717, 1.165) is 33.7 Å². The van der Waals surface area contributed by atoms with Crippen LogP contribution in [0, 0.1) is 0 Å². The third kappa shape index (κ3) is 4.60. The maximum atomic E-state index is 5.19. The maximum Gasteiger partial charge on any atom is 0.160 e. The minimum atomic E-state index is 0.739. The molecule has 0 saturated carbocycles. The van der Waals surface area contributed by atoms with Gasteiger partial charge in [-0.05, 0) is 102 Å². The molecule has 0 unspecified atom stereocenters. The van der Waals surface area contributed by atoms with Gasteiger partial charge in [0.25, 0.3) is 0 Å². The average molecular weight is 719 g/mol. The number of hydrogen-bond donors (Lipinski definition) is 0. The molecular weight excluding hydrogens is 689 g/mol. The summed E-state index contributed by atoms with van der Waals surface area (Å²) >= 11 is 1.80.